The lowest BCUT2D eigenvalue weighted by Gasteiger charge is -2.35. The molecule has 1 saturated heterocycles. The Balaban J connectivity index is 1.94. The molecular formula is C13H22N4. The Bertz CT molecular complexity index is 364. The van der Waals surface area contributed by atoms with Crippen LogP contribution in [0.15, 0.2) is 18.3 Å². The van der Waals surface area contributed by atoms with Crippen molar-refractivity contribution in [2.24, 2.45) is 0 Å². The van der Waals surface area contributed by atoms with Crippen LogP contribution in [0.1, 0.15) is 18.5 Å². The summed E-state index contributed by atoms with van der Waals surface area (Å²) in [5.74, 6) is 0. The van der Waals surface area contributed by atoms with Gasteiger partial charge in [0, 0.05) is 31.0 Å². The van der Waals surface area contributed by atoms with Gasteiger partial charge in [-0.2, -0.15) is 0 Å². The number of piperidine rings is 1. The van der Waals surface area contributed by atoms with Crippen LogP contribution in [-0.4, -0.2) is 48.0 Å². The first-order valence-electron chi connectivity index (χ1n) is 6.24. The van der Waals surface area contributed by atoms with Crippen molar-refractivity contribution in [2.45, 2.75) is 25.4 Å². The number of rotatable bonds is 3. The molecule has 1 aromatic heterocycles. The highest BCUT2D eigenvalue weighted by atomic mass is 15.2. The highest BCUT2D eigenvalue weighted by molar-refractivity contribution is 5.37. The molecule has 1 fully saturated rings. The molecule has 0 aliphatic carbocycles. The summed E-state index contributed by atoms with van der Waals surface area (Å²) in [6, 6.07) is 4.48. The van der Waals surface area contributed by atoms with Crippen LogP contribution in [0.4, 0.5) is 5.69 Å². The Labute approximate surface area is 103 Å². The van der Waals surface area contributed by atoms with Gasteiger partial charge in [-0.3, -0.25) is 9.88 Å². The predicted molar refractivity (Wildman–Crippen MR) is 70.6 cm³/mol. The number of aromatic nitrogens is 1. The third-order valence-electron chi connectivity index (χ3n) is 3.44. The molecular weight excluding hydrogens is 212 g/mol. The van der Waals surface area contributed by atoms with E-state index < -0.39 is 0 Å². The highest BCUT2D eigenvalue weighted by Gasteiger charge is 2.21. The zero-order chi connectivity index (χ0) is 12.3. The fraction of sp³-hybridized carbons (Fsp3) is 0.615. The molecule has 4 heteroatoms. The molecule has 2 heterocycles. The quantitative estimate of drug-likeness (QED) is 0.853. The van der Waals surface area contributed by atoms with E-state index in [4.69, 9.17) is 5.73 Å². The van der Waals surface area contributed by atoms with E-state index in [9.17, 15) is 0 Å². The van der Waals surface area contributed by atoms with Gasteiger partial charge in [0.25, 0.3) is 0 Å². The number of hydrogen-bond acceptors (Lipinski definition) is 4. The van der Waals surface area contributed by atoms with Crippen molar-refractivity contribution >= 4 is 5.69 Å². The molecule has 0 radical (unpaired) electrons. The third-order valence-corrected chi connectivity index (χ3v) is 3.44. The Morgan fingerprint density at radius 2 is 2.35 bits per heavy atom. The van der Waals surface area contributed by atoms with Gasteiger partial charge in [-0.05, 0) is 45.6 Å². The maximum atomic E-state index is 5.77. The standard InChI is InChI=1S/C13H22N4/c1-16(2)13-4-3-7-17(10-13)9-12-8-11(14)5-6-15-12/h5-6,8,13H,3-4,7,9-10H2,1-2H3,(H2,14,15). The lowest BCUT2D eigenvalue weighted by Crippen LogP contribution is -2.44. The van der Waals surface area contributed by atoms with E-state index in [0.29, 0.717) is 6.04 Å². The molecule has 0 bridgehead atoms. The molecule has 2 N–H and O–H groups in total. The monoisotopic (exact) mass is 234 g/mol. The predicted octanol–water partition coefficient (Wildman–Crippen LogP) is 1.19. The maximum Gasteiger partial charge on any atom is 0.0564 e. The van der Waals surface area contributed by atoms with Gasteiger partial charge in [0.15, 0.2) is 0 Å². The van der Waals surface area contributed by atoms with E-state index in [2.05, 4.69) is 28.9 Å². The Morgan fingerprint density at radius 3 is 3.06 bits per heavy atom. The van der Waals surface area contributed by atoms with Crippen LogP contribution in [0.5, 0.6) is 0 Å². The van der Waals surface area contributed by atoms with Crippen LogP contribution in [0.3, 0.4) is 0 Å². The smallest absolute Gasteiger partial charge is 0.0564 e. The lowest BCUT2D eigenvalue weighted by atomic mass is 10.0. The number of likely N-dealkylation sites (tertiary alicyclic amines) is 1. The van der Waals surface area contributed by atoms with E-state index in [-0.39, 0.29) is 0 Å². The van der Waals surface area contributed by atoms with E-state index in [0.717, 1.165) is 24.5 Å². The summed E-state index contributed by atoms with van der Waals surface area (Å²) in [4.78, 5) is 9.15. The molecule has 1 aliphatic heterocycles. The van der Waals surface area contributed by atoms with Gasteiger partial charge in [0.05, 0.1) is 5.69 Å². The SMILES string of the molecule is CN(C)C1CCCN(Cc2cc(N)ccn2)C1. The fourth-order valence-electron chi connectivity index (χ4n) is 2.41. The molecule has 4 nitrogen and oxygen atoms in total. The number of pyridine rings is 1. The van der Waals surface area contributed by atoms with Crippen LogP contribution in [-0.2, 0) is 6.54 Å². The molecule has 1 aromatic rings. The van der Waals surface area contributed by atoms with Crippen LogP contribution in [0.25, 0.3) is 0 Å². The summed E-state index contributed by atoms with van der Waals surface area (Å²) < 4.78 is 0. The first kappa shape index (κ1) is 12.3. The number of nitrogens with zero attached hydrogens (tertiary/aromatic N) is 3. The lowest BCUT2D eigenvalue weighted by molar-refractivity contribution is 0.127. The second kappa shape index (κ2) is 5.47. The minimum Gasteiger partial charge on any atom is -0.399 e. The minimum atomic E-state index is 0.671. The maximum absolute atomic E-state index is 5.77. The molecule has 1 aliphatic rings. The number of likely N-dealkylation sites (N-methyl/N-ethyl adjacent to an activating group) is 1. The van der Waals surface area contributed by atoms with Crippen molar-refractivity contribution < 1.29 is 0 Å². The van der Waals surface area contributed by atoms with Gasteiger partial charge in [0.1, 0.15) is 0 Å². The fourth-order valence-corrected chi connectivity index (χ4v) is 2.41. The average molecular weight is 234 g/mol. The van der Waals surface area contributed by atoms with E-state index >= 15 is 0 Å². The second-order valence-corrected chi connectivity index (χ2v) is 5.08. The van der Waals surface area contributed by atoms with E-state index in [1.807, 2.05) is 12.1 Å². The third kappa shape index (κ3) is 3.41. The van der Waals surface area contributed by atoms with Crippen LogP contribution >= 0.6 is 0 Å². The molecule has 94 valence electrons. The molecule has 0 saturated carbocycles. The van der Waals surface area contributed by atoms with Crippen molar-refractivity contribution in [3.63, 3.8) is 0 Å². The molecule has 0 amide bonds. The van der Waals surface area contributed by atoms with Gasteiger partial charge in [-0.25, -0.2) is 0 Å². The van der Waals surface area contributed by atoms with Crippen molar-refractivity contribution in [1.82, 2.24) is 14.8 Å². The summed E-state index contributed by atoms with van der Waals surface area (Å²) in [6.45, 7) is 3.21. The topological polar surface area (TPSA) is 45.4 Å². The molecule has 0 spiro atoms. The van der Waals surface area contributed by atoms with Crippen LogP contribution in [0, 0.1) is 0 Å². The Hall–Kier alpha value is -1.13. The van der Waals surface area contributed by atoms with Gasteiger partial charge in [0.2, 0.25) is 0 Å². The first-order valence-corrected chi connectivity index (χ1v) is 6.24. The summed E-state index contributed by atoms with van der Waals surface area (Å²) >= 11 is 0. The summed E-state index contributed by atoms with van der Waals surface area (Å²) in [5.41, 5.74) is 7.65. The largest absolute Gasteiger partial charge is 0.399 e. The first-order chi connectivity index (χ1) is 8.15. The average Bonchev–Trinajstić information content (AvgIpc) is 2.29. The Kier molecular flexibility index (Phi) is 3.97. The molecule has 2 rings (SSSR count). The molecule has 1 unspecified atom stereocenters. The van der Waals surface area contributed by atoms with Crippen LogP contribution in [0.2, 0.25) is 0 Å². The molecule has 0 aromatic carbocycles. The normalized spacial score (nSPS) is 21.9. The summed E-state index contributed by atoms with van der Waals surface area (Å²) in [6.07, 6.45) is 4.36. The summed E-state index contributed by atoms with van der Waals surface area (Å²) in [7, 11) is 4.32. The van der Waals surface area contributed by atoms with Crippen LogP contribution < -0.4 is 5.73 Å². The van der Waals surface area contributed by atoms with Crippen molar-refractivity contribution in [2.75, 3.05) is 32.9 Å². The number of hydrogen-bond donors (Lipinski definition) is 1. The second-order valence-electron chi connectivity index (χ2n) is 5.08. The number of nitrogens with two attached hydrogens (primary N) is 1. The number of anilines is 1. The van der Waals surface area contributed by atoms with E-state index in [1.54, 1.807) is 6.20 Å². The van der Waals surface area contributed by atoms with Gasteiger partial charge in [-0.15, -0.1) is 0 Å². The number of nitrogen functional groups attached to an aromatic ring is 1. The van der Waals surface area contributed by atoms with Crippen molar-refractivity contribution in [3.8, 4) is 0 Å². The highest BCUT2D eigenvalue weighted by Crippen LogP contribution is 2.16. The van der Waals surface area contributed by atoms with E-state index in [1.165, 1.54) is 19.4 Å². The zero-order valence-electron chi connectivity index (χ0n) is 10.8. The minimum absolute atomic E-state index is 0.671. The molecule has 17 heavy (non-hydrogen) atoms. The van der Waals surface area contributed by atoms with Gasteiger partial charge < -0.3 is 10.6 Å². The van der Waals surface area contributed by atoms with Gasteiger partial charge >= 0.3 is 0 Å². The summed E-state index contributed by atoms with van der Waals surface area (Å²) in [5, 5.41) is 0. The van der Waals surface area contributed by atoms with Gasteiger partial charge in [-0.1, -0.05) is 0 Å². The zero-order valence-corrected chi connectivity index (χ0v) is 10.8. The van der Waals surface area contributed by atoms with Crippen molar-refractivity contribution in [1.29, 1.82) is 0 Å². The molecule has 1 atom stereocenters. The van der Waals surface area contributed by atoms with Crippen molar-refractivity contribution in [3.05, 3.63) is 24.0 Å². The Morgan fingerprint density at radius 1 is 1.53 bits per heavy atom.